The van der Waals surface area contributed by atoms with Gasteiger partial charge in [-0.3, -0.25) is 0 Å². The Balaban J connectivity index is 2.73. The molecule has 3 heteroatoms. The fraction of sp³-hybridized carbons (Fsp3) is 0.300. The van der Waals surface area contributed by atoms with Crippen LogP contribution in [-0.4, -0.2) is 15.4 Å². The lowest BCUT2D eigenvalue weighted by atomic mass is 10.2. The first-order chi connectivity index (χ1) is 6.36. The number of aromatic nitrogens is 1. The molecule has 1 aromatic rings. The second-order valence-corrected chi connectivity index (χ2v) is 3.24. The Morgan fingerprint density at radius 2 is 2.38 bits per heavy atom. The van der Waals surface area contributed by atoms with Gasteiger partial charge in [-0.25, -0.2) is 4.98 Å². The highest BCUT2D eigenvalue weighted by Crippen LogP contribution is 2.00. The number of halogens is 1. The lowest BCUT2D eigenvalue weighted by molar-refractivity contribution is 0.281. The van der Waals surface area contributed by atoms with Crippen molar-refractivity contribution < 1.29 is 5.11 Å². The van der Waals surface area contributed by atoms with E-state index in [2.05, 4.69) is 32.8 Å². The van der Waals surface area contributed by atoms with E-state index in [0.717, 1.165) is 17.3 Å². The van der Waals surface area contributed by atoms with Gasteiger partial charge < -0.3 is 5.11 Å². The van der Waals surface area contributed by atoms with E-state index in [0.29, 0.717) is 5.69 Å². The van der Waals surface area contributed by atoms with Gasteiger partial charge in [-0.2, -0.15) is 0 Å². The predicted molar refractivity (Wildman–Crippen MR) is 55.4 cm³/mol. The molecule has 0 aliphatic heterocycles. The zero-order valence-corrected chi connectivity index (χ0v) is 8.71. The molecule has 0 radical (unpaired) electrons. The summed E-state index contributed by atoms with van der Waals surface area (Å²) in [6, 6.07) is 3.57. The molecule has 1 aromatic heterocycles. The first-order valence-electron chi connectivity index (χ1n) is 3.97. The Hall–Kier alpha value is -0.850. The van der Waals surface area contributed by atoms with Crippen LogP contribution in [0.4, 0.5) is 0 Å². The monoisotopic (exact) mass is 239 g/mol. The molecule has 0 unspecified atom stereocenters. The van der Waals surface area contributed by atoms with Crippen molar-refractivity contribution in [2.75, 3.05) is 5.33 Å². The second kappa shape index (κ2) is 5.74. The third-order valence-electron chi connectivity index (χ3n) is 1.44. The summed E-state index contributed by atoms with van der Waals surface area (Å²) >= 11 is 3.29. The molecule has 0 spiro atoms. The number of pyridine rings is 1. The van der Waals surface area contributed by atoms with E-state index in [1.165, 1.54) is 0 Å². The van der Waals surface area contributed by atoms with Crippen molar-refractivity contribution in [2.24, 2.45) is 0 Å². The van der Waals surface area contributed by atoms with E-state index in [9.17, 15) is 0 Å². The lowest BCUT2D eigenvalue weighted by Crippen LogP contribution is -1.87. The molecule has 1 rings (SSSR count). The van der Waals surface area contributed by atoms with E-state index in [1.807, 2.05) is 0 Å². The Labute approximate surface area is 86.1 Å². The van der Waals surface area contributed by atoms with E-state index in [4.69, 9.17) is 5.11 Å². The number of alkyl halides is 1. The maximum Gasteiger partial charge on any atom is 0.113 e. The third kappa shape index (κ3) is 3.58. The molecule has 0 bridgehead atoms. The number of aliphatic hydroxyl groups is 1. The van der Waals surface area contributed by atoms with Crippen LogP contribution in [-0.2, 0) is 6.61 Å². The number of nitrogens with zero attached hydrogens (tertiary/aromatic N) is 1. The molecule has 0 aliphatic carbocycles. The second-order valence-electron chi connectivity index (χ2n) is 2.45. The van der Waals surface area contributed by atoms with Crippen LogP contribution in [0.15, 0.2) is 18.3 Å². The van der Waals surface area contributed by atoms with Gasteiger partial charge in [0, 0.05) is 17.9 Å². The highest BCUT2D eigenvalue weighted by Gasteiger charge is 1.91. The number of rotatable bonds is 2. The predicted octanol–water partition coefficient (Wildman–Crippen LogP) is 1.71. The smallest absolute Gasteiger partial charge is 0.113 e. The summed E-state index contributed by atoms with van der Waals surface area (Å²) in [5, 5.41) is 9.72. The third-order valence-corrected chi connectivity index (χ3v) is 1.84. The fourth-order valence-electron chi connectivity index (χ4n) is 0.841. The minimum Gasteiger partial charge on any atom is -0.392 e. The Kier molecular flexibility index (Phi) is 4.52. The summed E-state index contributed by atoms with van der Waals surface area (Å²) in [4.78, 5) is 4.06. The summed E-state index contributed by atoms with van der Waals surface area (Å²) in [5.41, 5.74) is 1.56. The molecular weight excluding hydrogens is 230 g/mol. The molecular formula is C10H10BrNO. The van der Waals surface area contributed by atoms with Crippen molar-refractivity contribution in [3.8, 4) is 11.8 Å². The average molecular weight is 240 g/mol. The summed E-state index contributed by atoms with van der Waals surface area (Å²) in [6.45, 7) is 0.0373. The van der Waals surface area contributed by atoms with Crippen LogP contribution in [0.25, 0.3) is 0 Å². The lowest BCUT2D eigenvalue weighted by Gasteiger charge is -1.94. The summed E-state index contributed by atoms with van der Waals surface area (Å²) in [6.07, 6.45) is 2.47. The van der Waals surface area contributed by atoms with Crippen LogP contribution in [0, 0.1) is 11.8 Å². The maximum absolute atomic E-state index is 8.85. The fourth-order valence-corrected chi connectivity index (χ4v) is 1.04. The van der Waals surface area contributed by atoms with Crippen molar-refractivity contribution in [1.29, 1.82) is 0 Å². The maximum atomic E-state index is 8.85. The quantitative estimate of drug-likeness (QED) is 0.630. The average Bonchev–Trinajstić information content (AvgIpc) is 2.19. The molecule has 1 N–H and O–H groups in total. The molecule has 0 amide bonds. The van der Waals surface area contributed by atoms with Crippen LogP contribution in [0.1, 0.15) is 17.7 Å². The van der Waals surface area contributed by atoms with Gasteiger partial charge >= 0.3 is 0 Å². The van der Waals surface area contributed by atoms with Crippen molar-refractivity contribution in [2.45, 2.75) is 13.0 Å². The van der Waals surface area contributed by atoms with Crippen LogP contribution >= 0.6 is 15.9 Å². The highest BCUT2D eigenvalue weighted by molar-refractivity contribution is 9.09. The van der Waals surface area contributed by atoms with Gasteiger partial charge in [0.1, 0.15) is 5.69 Å². The summed E-state index contributed by atoms with van der Waals surface area (Å²) < 4.78 is 0. The van der Waals surface area contributed by atoms with Gasteiger partial charge in [0.2, 0.25) is 0 Å². The van der Waals surface area contributed by atoms with Crippen LogP contribution < -0.4 is 0 Å². The summed E-state index contributed by atoms with van der Waals surface area (Å²) in [5.74, 6) is 5.88. The molecule has 0 saturated heterocycles. The first-order valence-corrected chi connectivity index (χ1v) is 5.09. The van der Waals surface area contributed by atoms with Gasteiger partial charge in [0.25, 0.3) is 0 Å². The molecule has 68 valence electrons. The van der Waals surface area contributed by atoms with Crippen molar-refractivity contribution in [3.63, 3.8) is 0 Å². The molecule has 0 atom stereocenters. The van der Waals surface area contributed by atoms with Crippen molar-refractivity contribution in [1.82, 2.24) is 4.98 Å². The SMILES string of the molecule is OCc1ccnc(C#CCCBr)c1. The summed E-state index contributed by atoms with van der Waals surface area (Å²) in [7, 11) is 0. The first kappa shape index (κ1) is 10.2. The Bertz CT molecular complexity index is 327. The normalized spacial score (nSPS) is 9.08. The van der Waals surface area contributed by atoms with Gasteiger partial charge in [-0.1, -0.05) is 21.9 Å². The van der Waals surface area contributed by atoms with Crippen LogP contribution in [0.5, 0.6) is 0 Å². The van der Waals surface area contributed by atoms with Crippen LogP contribution in [0.3, 0.4) is 0 Å². The van der Waals surface area contributed by atoms with Gasteiger partial charge in [0.15, 0.2) is 0 Å². The van der Waals surface area contributed by atoms with E-state index < -0.39 is 0 Å². The molecule has 0 aliphatic rings. The molecule has 1 heterocycles. The Morgan fingerprint density at radius 3 is 3.08 bits per heavy atom. The molecule has 13 heavy (non-hydrogen) atoms. The number of hydrogen-bond acceptors (Lipinski definition) is 2. The van der Waals surface area contributed by atoms with Gasteiger partial charge in [-0.15, -0.1) is 0 Å². The minimum atomic E-state index is 0.0373. The largest absolute Gasteiger partial charge is 0.392 e. The van der Waals surface area contributed by atoms with E-state index in [1.54, 1.807) is 18.3 Å². The number of aliphatic hydroxyl groups excluding tert-OH is 1. The zero-order valence-electron chi connectivity index (χ0n) is 7.13. The Morgan fingerprint density at radius 1 is 1.54 bits per heavy atom. The van der Waals surface area contributed by atoms with Crippen LogP contribution in [0.2, 0.25) is 0 Å². The standard InChI is InChI=1S/C10H10BrNO/c11-5-2-1-3-10-7-9(8-13)4-6-12-10/h4,6-7,13H,2,5,8H2. The zero-order chi connectivity index (χ0) is 9.52. The van der Waals surface area contributed by atoms with Crippen molar-refractivity contribution >= 4 is 15.9 Å². The van der Waals surface area contributed by atoms with Gasteiger partial charge in [-0.05, 0) is 23.6 Å². The topological polar surface area (TPSA) is 33.1 Å². The van der Waals surface area contributed by atoms with Gasteiger partial charge in [0.05, 0.1) is 6.61 Å². The highest BCUT2D eigenvalue weighted by atomic mass is 79.9. The van der Waals surface area contributed by atoms with E-state index in [-0.39, 0.29) is 6.61 Å². The van der Waals surface area contributed by atoms with E-state index >= 15 is 0 Å². The molecule has 0 saturated carbocycles. The number of hydrogen-bond donors (Lipinski definition) is 1. The molecule has 0 fully saturated rings. The minimum absolute atomic E-state index is 0.0373. The molecule has 2 nitrogen and oxygen atoms in total. The molecule has 0 aromatic carbocycles. The van der Waals surface area contributed by atoms with Crippen molar-refractivity contribution in [3.05, 3.63) is 29.6 Å².